The first-order valence-corrected chi connectivity index (χ1v) is 13.9. The molecular weight excluding hydrogens is 665 g/mol. The Morgan fingerprint density at radius 2 is 1.32 bits per heavy atom. The smallest absolute Gasteiger partial charge is 0.660 e. The molecule has 0 spiro atoms. The van der Waals surface area contributed by atoms with E-state index in [4.69, 9.17) is 5.32 Å². The minimum atomic E-state index is -0.713. The molecule has 0 bridgehead atoms. The summed E-state index contributed by atoms with van der Waals surface area (Å²) in [6.07, 6.45) is 3.29. The van der Waals surface area contributed by atoms with Gasteiger partial charge in [-0.05, 0) is 52.4 Å². The van der Waals surface area contributed by atoms with Gasteiger partial charge in [0.15, 0.2) is 5.71 Å². The van der Waals surface area contributed by atoms with Crippen molar-refractivity contribution in [3.8, 4) is 0 Å². The van der Waals surface area contributed by atoms with Crippen molar-refractivity contribution in [3.05, 3.63) is 131 Å². The predicted molar refractivity (Wildman–Crippen MR) is 177 cm³/mol. The number of allylic oxidation sites excluding steroid dienone is 5. The van der Waals surface area contributed by atoms with E-state index in [2.05, 4.69) is 64.1 Å². The van der Waals surface area contributed by atoms with Crippen molar-refractivity contribution in [3.63, 3.8) is 0 Å². The Morgan fingerprint density at radius 3 is 1.95 bits per heavy atom. The Hall–Kier alpha value is -2.72. The summed E-state index contributed by atoms with van der Waals surface area (Å²) in [7, 11) is 1.96. The van der Waals surface area contributed by atoms with Gasteiger partial charge in [-0.1, -0.05) is 88.0 Å². The van der Waals surface area contributed by atoms with E-state index in [-0.39, 0.29) is 101 Å². The van der Waals surface area contributed by atoms with Crippen LogP contribution in [0.2, 0.25) is 0 Å². The van der Waals surface area contributed by atoms with E-state index in [9.17, 15) is 14.7 Å². The van der Waals surface area contributed by atoms with Gasteiger partial charge < -0.3 is 17.8 Å². The van der Waals surface area contributed by atoms with Crippen molar-refractivity contribution in [2.75, 3.05) is 7.05 Å². The number of benzene rings is 4. The monoisotopic (exact) mass is 702 g/mol. The number of nitrogens with zero attached hydrogens (tertiary/aromatic N) is 2. The molecule has 218 valence electrons. The van der Waals surface area contributed by atoms with Crippen LogP contribution in [0.4, 0.5) is 11.4 Å². The Labute approximate surface area is 318 Å². The fourth-order valence-electron chi connectivity index (χ4n) is 6.92. The summed E-state index contributed by atoms with van der Waals surface area (Å²) < 4.78 is 2.05. The van der Waals surface area contributed by atoms with Gasteiger partial charge in [-0.25, -0.2) is 0 Å². The molecule has 0 radical (unpaired) electrons. The van der Waals surface area contributed by atoms with Gasteiger partial charge >= 0.3 is 68.9 Å². The van der Waals surface area contributed by atoms with Gasteiger partial charge in [0, 0.05) is 17.7 Å². The molecule has 0 fully saturated rings. The Bertz CT molecular complexity index is 2020. The van der Waals surface area contributed by atoms with E-state index in [0.29, 0.717) is 5.70 Å². The van der Waals surface area contributed by atoms with Crippen molar-refractivity contribution >= 4 is 50.2 Å². The summed E-state index contributed by atoms with van der Waals surface area (Å²) in [6, 6.07) is 24.6. The number of hydrogen-bond donors (Lipinski definition) is 1. The molecule has 3 aliphatic rings. The zero-order valence-corrected chi connectivity index (χ0v) is 32.0. The summed E-state index contributed by atoms with van der Waals surface area (Å²) in [4.78, 5) is 26.6. The molecule has 0 unspecified atom stereocenters. The van der Waals surface area contributed by atoms with E-state index in [0.717, 1.165) is 49.8 Å². The van der Waals surface area contributed by atoms with Crippen LogP contribution in [0, 0.1) is 7.43 Å². The number of Topliss-reactive ketones (excluding diaryl/α,β-unsaturated/α-hetero) is 2. The molecule has 0 aromatic heterocycles. The number of fused-ring (bicyclic) bond motifs is 6. The number of hydrogen-bond acceptors (Lipinski definition) is 3. The zero-order valence-electron chi connectivity index (χ0n) is 25.7. The van der Waals surface area contributed by atoms with Crippen LogP contribution in [-0.2, 0) is 20.4 Å². The van der Waals surface area contributed by atoms with E-state index >= 15 is 0 Å². The molecule has 4 aromatic rings. The number of carbonyl (C=O) groups is 2. The Balaban J connectivity index is 0.00000147. The van der Waals surface area contributed by atoms with Gasteiger partial charge in [0.05, 0.1) is 16.6 Å². The van der Waals surface area contributed by atoms with Gasteiger partial charge in [-0.15, -0.1) is 11.4 Å². The number of aliphatic hydroxyl groups excluding tert-OH is 1. The molecule has 0 saturated carbocycles. The second-order valence-electron chi connectivity index (χ2n) is 12.2. The Morgan fingerprint density at radius 1 is 0.750 bits per heavy atom. The maximum atomic E-state index is 13.3. The molecule has 2 heterocycles. The molecule has 2 aliphatic heterocycles. The fourth-order valence-corrected chi connectivity index (χ4v) is 6.92. The molecule has 7 rings (SSSR count). The number of aliphatic hydroxyl groups is 1. The summed E-state index contributed by atoms with van der Waals surface area (Å²) in [5.74, 6) is -1.71. The predicted octanol–water partition coefficient (Wildman–Crippen LogP) is 5.86. The van der Waals surface area contributed by atoms with Crippen LogP contribution >= 0.6 is 0 Å². The molecule has 0 atom stereocenters. The van der Waals surface area contributed by atoms with Crippen molar-refractivity contribution in [1.29, 1.82) is 0 Å². The largest absolute Gasteiger partial charge is 1.00 e. The molecular formula is C38H37CsN2O3. The van der Waals surface area contributed by atoms with E-state index < -0.39 is 22.4 Å². The molecule has 1 N–H and O–H groups in total. The summed E-state index contributed by atoms with van der Waals surface area (Å²) in [6.45, 7) is 8.34. The minimum Gasteiger partial charge on any atom is -0.660 e. The number of carbonyl (C=O) groups excluding carboxylic acids is 2. The van der Waals surface area contributed by atoms with Crippen LogP contribution in [0.15, 0.2) is 108 Å². The zero-order chi connectivity index (χ0) is 28.8. The van der Waals surface area contributed by atoms with E-state index in [1.165, 1.54) is 0 Å². The third-order valence-corrected chi connectivity index (χ3v) is 9.08. The van der Waals surface area contributed by atoms with Gasteiger partial charge in [0.1, 0.15) is 12.8 Å². The normalized spacial score (nSPS) is 19.6. The van der Waals surface area contributed by atoms with Crippen LogP contribution in [0.3, 0.4) is 0 Å². The minimum absolute atomic E-state index is 0. The first-order chi connectivity index (χ1) is 19.5. The average molecular weight is 703 g/mol. The topological polar surface area (TPSA) is 71.5 Å². The molecule has 6 heteroatoms. The Kier molecular flexibility index (Phi) is 9.24. The summed E-state index contributed by atoms with van der Waals surface area (Å²) in [5.41, 5.74) is 4.61. The van der Waals surface area contributed by atoms with Crippen molar-refractivity contribution in [2.24, 2.45) is 0 Å². The van der Waals surface area contributed by atoms with Crippen LogP contribution < -0.4 is 68.9 Å². The maximum Gasteiger partial charge on any atom is 1.00 e. The van der Waals surface area contributed by atoms with Crippen molar-refractivity contribution in [2.45, 2.75) is 46.0 Å². The number of ketones is 2. The second-order valence-corrected chi connectivity index (χ2v) is 12.2. The van der Waals surface area contributed by atoms with Gasteiger partial charge in [-0.2, -0.15) is 4.58 Å². The maximum absolute atomic E-state index is 13.3. The SMILES string of the molecule is C.C[N+]1=C(/C=C2\C(=O)C(=O)C(/C=C3\[N-]c4ccc5ccccc5c4C3(C)C)=C2O)C(C)(C)c2c1ccc1ccccc21.[CH3-].[Cs+]. The quantitative estimate of drug-likeness (QED) is 0.123. The van der Waals surface area contributed by atoms with Gasteiger partial charge in [0.2, 0.25) is 17.3 Å². The van der Waals surface area contributed by atoms with Crippen molar-refractivity contribution in [1.82, 2.24) is 0 Å². The van der Waals surface area contributed by atoms with E-state index in [1.807, 2.05) is 48.0 Å². The summed E-state index contributed by atoms with van der Waals surface area (Å²) >= 11 is 0. The third kappa shape index (κ3) is 4.82. The summed E-state index contributed by atoms with van der Waals surface area (Å²) in [5, 5.41) is 20.7. The van der Waals surface area contributed by atoms with Gasteiger partial charge in [-0.3, -0.25) is 9.59 Å². The average Bonchev–Trinajstić information content (AvgIpc) is 3.42. The molecule has 4 aromatic carbocycles. The van der Waals surface area contributed by atoms with Crippen molar-refractivity contribution < 1.29 is 88.2 Å². The van der Waals surface area contributed by atoms with Gasteiger partial charge in [0.25, 0.3) is 0 Å². The van der Waals surface area contributed by atoms with E-state index in [1.54, 1.807) is 12.2 Å². The third-order valence-electron chi connectivity index (χ3n) is 9.08. The second kappa shape index (κ2) is 11.9. The number of rotatable bonds is 2. The molecule has 1 aliphatic carbocycles. The van der Waals surface area contributed by atoms with Crippen LogP contribution in [0.1, 0.15) is 46.2 Å². The molecule has 44 heavy (non-hydrogen) atoms. The van der Waals surface area contributed by atoms with Crippen LogP contribution in [-0.4, -0.2) is 34.0 Å². The van der Waals surface area contributed by atoms with Crippen LogP contribution in [0.25, 0.3) is 26.9 Å². The van der Waals surface area contributed by atoms with Crippen LogP contribution in [0.5, 0.6) is 0 Å². The standard InChI is InChI=1S/C36H30N2O3.CH4.CH3.Cs/c1-35(2)28(37-26-16-14-20-10-6-8-12-22(20)30(26)35)18-24-32(39)25(34(41)33(24)40)19-29-36(3,4)31-23-13-9-7-11-21(23)15-17-27(31)38(29)5;;;/h6-19H,1-5H3,(H,39,41);1H4;1H3;/q;;-1;+1. The molecule has 0 saturated heterocycles. The molecule has 0 amide bonds. The first-order valence-electron chi connectivity index (χ1n) is 13.9. The molecule has 5 nitrogen and oxygen atoms in total. The fraction of sp³-hybridized carbons (Fsp3) is 0.211. The first kappa shape index (κ1) is 34.2.